The summed E-state index contributed by atoms with van der Waals surface area (Å²) in [6.45, 7) is 3.66. The number of phosphoric ester groups is 1. The fraction of sp³-hybridized carbons (Fsp3) is 0.800. The molecule has 0 aliphatic carbocycles. The van der Waals surface area contributed by atoms with Crippen molar-refractivity contribution < 1.29 is 37.6 Å². The Balaban J connectivity index is 4.27. The van der Waals surface area contributed by atoms with E-state index in [-0.39, 0.29) is 32.6 Å². The van der Waals surface area contributed by atoms with Gasteiger partial charge in [-0.3, -0.25) is 18.6 Å². The first-order valence-corrected chi connectivity index (χ1v) is 21.5. The molecule has 50 heavy (non-hydrogen) atoms. The van der Waals surface area contributed by atoms with Crippen molar-refractivity contribution >= 4 is 19.8 Å². The molecule has 0 bridgehead atoms. The lowest BCUT2D eigenvalue weighted by atomic mass is 10.0. The van der Waals surface area contributed by atoms with Gasteiger partial charge in [0.25, 0.3) is 0 Å². The molecule has 0 aromatic carbocycles. The first-order chi connectivity index (χ1) is 24.3. The summed E-state index contributed by atoms with van der Waals surface area (Å²) in [7, 11) is -4.38. The molecular weight excluding hydrogens is 653 g/mol. The number of hydrogen-bond donors (Lipinski definition) is 2. The van der Waals surface area contributed by atoms with Crippen molar-refractivity contribution in [1.82, 2.24) is 0 Å². The molecular formula is C40H74NO8P. The molecule has 10 heteroatoms. The van der Waals surface area contributed by atoms with Gasteiger partial charge in [0, 0.05) is 19.4 Å². The Labute approximate surface area is 305 Å². The van der Waals surface area contributed by atoms with E-state index < -0.39 is 32.5 Å². The van der Waals surface area contributed by atoms with Crippen LogP contribution < -0.4 is 5.73 Å². The van der Waals surface area contributed by atoms with E-state index in [0.717, 1.165) is 44.9 Å². The van der Waals surface area contributed by atoms with Gasteiger partial charge in [0.1, 0.15) is 6.61 Å². The largest absolute Gasteiger partial charge is 0.472 e. The third-order valence-corrected chi connectivity index (χ3v) is 9.26. The molecule has 0 aromatic rings. The SMILES string of the molecule is CCCCCCCC/C=C\C/C=C\C/C=C\CCCC(=O)OC[C@H](COP(=O)(O)OCCN)OC(=O)CCCCCCCCCCCCCC. The van der Waals surface area contributed by atoms with E-state index in [1.54, 1.807) is 0 Å². The lowest BCUT2D eigenvalue weighted by molar-refractivity contribution is -0.161. The van der Waals surface area contributed by atoms with Gasteiger partial charge in [0.2, 0.25) is 0 Å². The summed E-state index contributed by atoms with van der Waals surface area (Å²) in [5, 5.41) is 0. The van der Waals surface area contributed by atoms with Crippen LogP contribution in [-0.4, -0.2) is 49.3 Å². The van der Waals surface area contributed by atoms with Crippen molar-refractivity contribution in [3.63, 3.8) is 0 Å². The molecule has 0 aromatic heterocycles. The van der Waals surface area contributed by atoms with Crippen molar-refractivity contribution in [3.8, 4) is 0 Å². The van der Waals surface area contributed by atoms with Gasteiger partial charge in [-0.2, -0.15) is 0 Å². The Kier molecular flexibility index (Phi) is 35.7. The lowest BCUT2D eigenvalue weighted by Gasteiger charge is -2.19. The zero-order valence-electron chi connectivity index (χ0n) is 31.9. The molecule has 0 heterocycles. The zero-order chi connectivity index (χ0) is 36.8. The maximum atomic E-state index is 12.5. The zero-order valence-corrected chi connectivity index (χ0v) is 32.8. The number of phosphoric acid groups is 1. The summed E-state index contributed by atoms with van der Waals surface area (Å²) in [5.74, 6) is -0.889. The van der Waals surface area contributed by atoms with Crippen LogP contribution in [0.15, 0.2) is 36.5 Å². The van der Waals surface area contributed by atoms with E-state index in [1.807, 2.05) is 0 Å². The van der Waals surface area contributed by atoms with Crippen LogP contribution in [0.25, 0.3) is 0 Å². The topological polar surface area (TPSA) is 134 Å². The highest BCUT2D eigenvalue weighted by Gasteiger charge is 2.25. The minimum absolute atomic E-state index is 0.0475. The van der Waals surface area contributed by atoms with Crippen LogP contribution in [0.4, 0.5) is 0 Å². The Hall–Kier alpha value is -1.77. The number of unbranched alkanes of at least 4 members (excludes halogenated alkanes) is 18. The molecule has 0 saturated heterocycles. The number of rotatable bonds is 37. The number of carbonyl (C=O) groups is 2. The molecule has 0 rings (SSSR count). The Morgan fingerprint density at radius 3 is 1.60 bits per heavy atom. The van der Waals surface area contributed by atoms with Gasteiger partial charge in [-0.15, -0.1) is 0 Å². The number of esters is 2. The van der Waals surface area contributed by atoms with Crippen LogP contribution >= 0.6 is 7.82 Å². The minimum Gasteiger partial charge on any atom is -0.462 e. The summed E-state index contributed by atoms with van der Waals surface area (Å²) in [5.41, 5.74) is 5.33. The molecule has 292 valence electrons. The van der Waals surface area contributed by atoms with Crippen LogP contribution in [0, 0.1) is 0 Å². The first-order valence-electron chi connectivity index (χ1n) is 20.0. The lowest BCUT2D eigenvalue weighted by Crippen LogP contribution is -2.29. The van der Waals surface area contributed by atoms with Crippen LogP contribution in [-0.2, 0) is 32.7 Å². The second-order valence-electron chi connectivity index (χ2n) is 13.2. The Morgan fingerprint density at radius 2 is 1.06 bits per heavy atom. The Morgan fingerprint density at radius 1 is 0.600 bits per heavy atom. The van der Waals surface area contributed by atoms with Crippen molar-refractivity contribution in [2.45, 2.75) is 180 Å². The Bertz CT molecular complexity index is 923. The second kappa shape index (κ2) is 37.0. The quantitative estimate of drug-likeness (QED) is 0.0277. The molecule has 0 radical (unpaired) electrons. The predicted molar refractivity (Wildman–Crippen MR) is 206 cm³/mol. The van der Waals surface area contributed by atoms with Gasteiger partial charge in [-0.25, -0.2) is 4.57 Å². The molecule has 3 N–H and O–H groups in total. The summed E-state index contributed by atoms with van der Waals surface area (Å²) in [4.78, 5) is 34.7. The summed E-state index contributed by atoms with van der Waals surface area (Å²) in [6, 6.07) is 0. The highest BCUT2D eigenvalue weighted by molar-refractivity contribution is 7.47. The van der Waals surface area contributed by atoms with E-state index in [2.05, 4.69) is 50.3 Å². The summed E-state index contributed by atoms with van der Waals surface area (Å²) < 4.78 is 32.6. The molecule has 0 fully saturated rings. The average molecular weight is 728 g/mol. The van der Waals surface area contributed by atoms with Gasteiger partial charge in [0.05, 0.1) is 13.2 Å². The van der Waals surface area contributed by atoms with Gasteiger partial charge in [0.15, 0.2) is 6.10 Å². The number of carbonyl (C=O) groups excluding carboxylic acids is 2. The number of allylic oxidation sites excluding steroid dienone is 6. The van der Waals surface area contributed by atoms with Crippen LogP contribution in [0.2, 0.25) is 0 Å². The van der Waals surface area contributed by atoms with Crippen LogP contribution in [0.5, 0.6) is 0 Å². The maximum absolute atomic E-state index is 12.5. The molecule has 2 atom stereocenters. The number of hydrogen-bond acceptors (Lipinski definition) is 8. The van der Waals surface area contributed by atoms with E-state index in [9.17, 15) is 19.0 Å². The van der Waals surface area contributed by atoms with E-state index in [0.29, 0.717) is 12.8 Å². The fourth-order valence-electron chi connectivity index (χ4n) is 5.30. The van der Waals surface area contributed by atoms with Crippen LogP contribution in [0.1, 0.15) is 174 Å². The molecule has 9 nitrogen and oxygen atoms in total. The second-order valence-corrected chi connectivity index (χ2v) is 14.6. The van der Waals surface area contributed by atoms with Gasteiger partial charge in [-0.05, 0) is 44.9 Å². The predicted octanol–water partition coefficient (Wildman–Crippen LogP) is 11.0. The monoisotopic (exact) mass is 728 g/mol. The normalized spacial score (nSPS) is 13.8. The molecule has 0 aliphatic heterocycles. The molecule has 0 aliphatic rings. The number of ether oxygens (including phenoxy) is 2. The van der Waals surface area contributed by atoms with E-state index in [4.69, 9.17) is 24.3 Å². The smallest absolute Gasteiger partial charge is 0.462 e. The number of nitrogens with two attached hydrogens (primary N) is 1. The van der Waals surface area contributed by atoms with Crippen molar-refractivity contribution in [1.29, 1.82) is 0 Å². The third kappa shape index (κ3) is 36.0. The standard InChI is InChI=1S/C40H74NO8P/c1-3-5-7-9-11-13-15-17-18-19-20-21-23-24-26-28-30-32-39(42)46-36-38(37-48-50(44,45)47-35-34-41)49-40(43)33-31-29-27-25-22-16-14-12-10-8-6-4-2/h17-18,20-21,24,26,38H,3-16,19,22-23,25,27-37,41H2,1-2H3,(H,44,45)/b18-17-,21-20-,26-24-/t38-/m1/s1. The highest BCUT2D eigenvalue weighted by Crippen LogP contribution is 2.43. The first kappa shape index (κ1) is 48.2. The van der Waals surface area contributed by atoms with Crippen LogP contribution in [0.3, 0.4) is 0 Å². The van der Waals surface area contributed by atoms with Gasteiger partial charge < -0.3 is 20.1 Å². The molecule has 0 amide bonds. The molecule has 0 spiro atoms. The van der Waals surface area contributed by atoms with E-state index >= 15 is 0 Å². The fourth-order valence-corrected chi connectivity index (χ4v) is 6.06. The average Bonchev–Trinajstić information content (AvgIpc) is 3.10. The van der Waals surface area contributed by atoms with Crippen molar-refractivity contribution in [2.24, 2.45) is 5.73 Å². The van der Waals surface area contributed by atoms with Crippen molar-refractivity contribution in [2.75, 3.05) is 26.4 Å². The van der Waals surface area contributed by atoms with E-state index in [1.165, 1.54) is 89.9 Å². The minimum atomic E-state index is -4.38. The van der Waals surface area contributed by atoms with Gasteiger partial charge >= 0.3 is 19.8 Å². The summed E-state index contributed by atoms with van der Waals surface area (Å²) in [6.07, 6.45) is 39.0. The molecule has 1 unspecified atom stereocenters. The molecule has 0 saturated carbocycles. The van der Waals surface area contributed by atoms with Crippen molar-refractivity contribution in [3.05, 3.63) is 36.5 Å². The highest BCUT2D eigenvalue weighted by atomic mass is 31.2. The third-order valence-electron chi connectivity index (χ3n) is 8.28. The van der Waals surface area contributed by atoms with Gasteiger partial charge in [-0.1, -0.05) is 153 Å². The summed E-state index contributed by atoms with van der Waals surface area (Å²) >= 11 is 0. The maximum Gasteiger partial charge on any atom is 0.472 e.